The lowest BCUT2D eigenvalue weighted by Crippen LogP contribution is -2.23. The number of aromatic nitrogens is 5. The molecule has 142 valence electrons. The number of hydrogen-bond acceptors (Lipinski definition) is 6. The molecule has 0 saturated heterocycles. The summed E-state index contributed by atoms with van der Waals surface area (Å²) in [7, 11) is 0. The molecule has 0 aliphatic heterocycles. The largest absolute Gasteiger partial charge is 0.418 e. The number of imidazole rings is 1. The molecule has 8 nitrogen and oxygen atoms in total. The molecule has 5 aromatic rings. The molecule has 0 aliphatic carbocycles. The van der Waals surface area contributed by atoms with Crippen LogP contribution in [0.2, 0.25) is 5.15 Å². The van der Waals surface area contributed by atoms with Gasteiger partial charge in [0.15, 0.2) is 0 Å². The first kappa shape index (κ1) is 17.3. The van der Waals surface area contributed by atoms with Gasteiger partial charge in [0.05, 0.1) is 5.56 Å². The zero-order valence-electron chi connectivity index (χ0n) is 14.9. The van der Waals surface area contributed by atoms with E-state index >= 15 is 0 Å². The van der Waals surface area contributed by atoms with Crippen LogP contribution in [0, 0.1) is 0 Å². The number of rotatable bonds is 4. The Morgan fingerprint density at radius 1 is 1.10 bits per heavy atom. The maximum absolute atomic E-state index is 12.4. The van der Waals surface area contributed by atoms with Gasteiger partial charge in [0, 0.05) is 36.9 Å². The van der Waals surface area contributed by atoms with Crippen molar-refractivity contribution in [2.75, 3.05) is 0 Å². The Kier molecular flexibility index (Phi) is 4.18. The van der Waals surface area contributed by atoms with E-state index in [9.17, 15) is 4.79 Å². The van der Waals surface area contributed by atoms with Gasteiger partial charge in [-0.3, -0.25) is 9.20 Å². The first-order valence-corrected chi connectivity index (χ1v) is 9.13. The lowest BCUT2D eigenvalue weighted by Gasteiger charge is -2.06. The standard InChI is InChI=1S/C20H13ClN6O2/c21-16-6-5-15-19(26-16)29-18(25-15)13-3-1-12(2-4-13)9-23-17(28)14-10-24-20-22-7-8-27(20)11-14/h1-8,10-11H,9H2,(H,23,28). The molecule has 0 fully saturated rings. The SMILES string of the molecule is O=C(NCc1ccc(-c2nc3ccc(Cl)nc3o2)cc1)c1cnc2nccn2c1. The number of benzene rings is 1. The fourth-order valence-electron chi connectivity index (χ4n) is 2.90. The average Bonchev–Trinajstić information content (AvgIpc) is 3.38. The highest BCUT2D eigenvalue weighted by atomic mass is 35.5. The highest BCUT2D eigenvalue weighted by Crippen LogP contribution is 2.24. The van der Waals surface area contributed by atoms with Crippen molar-refractivity contribution in [2.45, 2.75) is 6.54 Å². The molecule has 4 heterocycles. The summed E-state index contributed by atoms with van der Waals surface area (Å²) in [5.74, 6) is 0.804. The Balaban J connectivity index is 1.29. The summed E-state index contributed by atoms with van der Waals surface area (Å²) in [6, 6.07) is 11.0. The molecule has 9 heteroatoms. The summed E-state index contributed by atoms with van der Waals surface area (Å²) >= 11 is 5.88. The van der Waals surface area contributed by atoms with E-state index in [-0.39, 0.29) is 5.91 Å². The highest BCUT2D eigenvalue weighted by molar-refractivity contribution is 6.29. The van der Waals surface area contributed by atoms with E-state index in [0.717, 1.165) is 11.1 Å². The Morgan fingerprint density at radius 2 is 1.97 bits per heavy atom. The molecule has 29 heavy (non-hydrogen) atoms. The Hall–Kier alpha value is -3.78. The van der Waals surface area contributed by atoms with Crippen LogP contribution in [-0.2, 0) is 6.54 Å². The molecular weight excluding hydrogens is 392 g/mol. The minimum Gasteiger partial charge on any atom is -0.418 e. The summed E-state index contributed by atoms with van der Waals surface area (Å²) < 4.78 is 7.37. The zero-order chi connectivity index (χ0) is 19.8. The van der Waals surface area contributed by atoms with Gasteiger partial charge in [0.2, 0.25) is 17.4 Å². The number of pyridine rings is 1. The summed E-state index contributed by atoms with van der Waals surface area (Å²) in [6.07, 6.45) is 6.58. The minimum atomic E-state index is -0.209. The van der Waals surface area contributed by atoms with Crippen LogP contribution in [0.5, 0.6) is 0 Å². The molecule has 0 unspecified atom stereocenters. The molecular formula is C20H13ClN6O2. The number of nitrogens with one attached hydrogen (secondary N) is 1. The Labute approximate surface area is 169 Å². The molecule has 1 N–H and O–H groups in total. The number of oxazole rings is 1. The van der Waals surface area contributed by atoms with Gasteiger partial charge in [-0.05, 0) is 29.8 Å². The normalized spacial score (nSPS) is 11.2. The van der Waals surface area contributed by atoms with Gasteiger partial charge in [0.25, 0.3) is 5.91 Å². The van der Waals surface area contributed by atoms with Crippen LogP contribution in [0.1, 0.15) is 15.9 Å². The van der Waals surface area contributed by atoms with Crippen LogP contribution in [0.4, 0.5) is 0 Å². The van der Waals surface area contributed by atoms with Gasteiger partial charge < -0.3 is 9.73 Å². The molecule has 0 radical (unpaired) electrons. The second kappa shape index (κ2) is 6.99. The number of hydrogen-bond donors (Lipinski definition) is 1. The average molecular weight is 405 g/mol. The number of halogens is 1. The maximum Gasteiger partial charge on any atom is 0.254 e. The predicted molar refractivity (Wildman–Crippen MR) is 106 cm³/mol. The minimum absolute atomic E-state index is 0.209. The van der Waals surface area contributed by atoms with Gasteiger partial charge >= 0.3 is 0 Å². The summed E-state index contributed by atoms with van der Waals surface area (Å²) in [5.41, 5.74) is 3.25. The zero-order valence-corrected chi connectivity index (χ0v) is 15.7. The van der Waals surface area contributed by atoms with Crippen molar-refractivity contribution in [3.8, 4) is 11.5 Å². The van der Waals surface area contributed by atoms with Crippen molar-refractivity contribution in [1.29, 1.82) is 0 Å². The van der Waals surface area contributed by atoms with Gasteiger partial charge in [-0.1, -0.05) is 23.7 Å². The number of carbonyl (C=O) groups is 1. The van der Waals surface area contributed by atoms with Gasteiger partial charge in [-0.15, -0.1) is 0 Å². The van der Waals surface area contributed by atoms with Crippen molar-refractivity contribution in [2.24, 2.45) is 0 Å². The quantitative estimate of drug-likeness (QED) is 0.460. The molecule has 0 spiro atoms. The Bertz CT molecular complexity index is 1340. The van der Waals surface area contributed by atoms with Gasteiger partial charge in [-0.2, -0.15) is 4.98 Å². The fourth-order valence-corrected chi connectivity index (χ4v) is 3.04. The summed E-state index contributed by atoms with van der Waals surface area (Å²) in [4.78, 5) is 29.1. The number of fused-ring (bicyclic) bond motifs is 2. The van der Waals surface area contributed by atoms with Crippen LogP contribution in [0.25, 0.3) is 28.5 Å². The van der Waals surface area contributed by atoms with Crippen molar-refractivity contribution in [3.05, 3.63) is 77.5 Å². The Morgan fingerprint density at radius 3 is 2.83 bits per heavy atom. The summed E-state index contributed by atoms with van der Waals surface area (Å²) in [5, 5.41) is 3.24. The number of amides is 1. The van der Waals surface area contributed by atoms with Gasteiger partial charge in [0.1, 0.15) is 10.7 Å². The molecule has 0 saturated carbocycles. The molecule has 1 aromatic carbocycles. The maximum atomic E-state index is 12.4. The van der Waals surface area contributed by atoms with E-state index in [1.54, 1.807) is 35.1 Å². The van der Waals surface area contributed by atoms with E-state index in [4.69, 9.17) is 16.0 Å². The van der Waals surface area contributed by atoms with E-state index in [0.29, 0.717) is 40.2 Å². The molecule has 0 aliphatic rings. The lowest BCUT2D eigenvalue weighted by atomic mass is 10.1. The third-order valence-corrected chi connectivity index (χ3v) is 4.59. The fraction of sp³-hybridized carbons (Fsp3) is 0.0500. The molecule has 5 rings (SSSR count). The molecule has 0 bridgehead atoms. The predicted octanol–water partition coefficient (Wildman–Crippen LogP) is 3.52. The number of carbonyl (C=O) groups excluding carboxylic acids is 1. The third-order valence-electron chi connectivity index (χ3n) is 4.38. The van der Waals surface area contributed by atoms with E-state index < -0.39 is 0 Å². The third kappa shape index (κ3) is 3.41. The summed E-state index contributed by atoms with van der Waals surface area (Å²) in [6.45, 7) is 0.381. The molecule has 0 atom stereocenters. The van der Waals surface area contributed by atoms with Crippen LogP contribution >= 0.6 is 11.6 Å². The number of nitrogens with zero attached hydrogens (tertiary/aromatic N) is 5. The van der Waals surface area contributed by atoms with Crippen LogP contribution in [0.15, 0.2) is 65.6 Å². The lowest BCUT2D eigenvalue weighted by molar-refractivity contribution is 0.0950. The molecule has 4 aromatic heterocycles. The highest BCUT2D eigenvalue weighted by Gasteiger charge is 2.11. The van der Waals surface area contributed by atoms with Crippen molar-refractivity contribution in [1.82, 2.24) is 29.7 Å². The van der Waals surface area contributed by atoms with Crippen molar-refractivity contribution >= 4 is 34.5 Å². The van der Waals surface area contributed by atoms with Crippen LogP contribution in [0.3, 0.4) is 0 Å². The van der Waals surface area contributed by atoms with Crippen LogP contribution < -0.4 is 5.32 Å². The van der Waals surface area contributed by atoms with Crippen molar-refractivity contribution in [3.63, 3.8) is 0 Å². The van der Waals surface area contributed by atoms with E-state index in [1.807, 2.05) is 24.3 Å². The molecule has 1 amide bonds. The van der Waals surface area contributed by atoms with Crippen molar-refractivity contribution < 1.29 is 9.21 Å². The topological polar surface area (TPSA) is 98.2 Å². The second-order valence-electron chi connectivity index (χ2n) is 6.33. The first-order valence-electron chi connectivity index (χ1n) is 8.75. The monoisotopic (exact) mass is 404 g/mol. The van der Waals surface area contributed by atoms with Crippen LogP contribution in [-0.4, -0.2) is 30.2 Å². The van der Waals surface area contributed by atoms with Gasteiger partial charge in [-0.25, -0.2) is 15.0 Å². The van der Waals surface area contributed by atoms with E-state index in [2.05, 4.69) is 25.3 Å². The second-order valence-corrected chi connectivity index (χ2v) is 6.72. The first-order chi connectivity index (χ1) is 14.2. The van der Waals surface area contributed by atoms with E-state index in [1.165, 1.54) is 6.20 Å². The smallest absolute Gasteiger partial charge is 0.254 e.